The Morgan fingerprint density at radius 3 is 2.59 bits per heavy atom. The highest BCUT2D eigenvalue weighted by Gasteiger charge is 2.21. The molecule has 0 amide bonds. The highest BCUT2D eigenvalue weighted by atomic mass is 16.5. The van der Waals surface area contributed by atoms with Crippen LogP contribution in [0.15, 0.2) is 12.1 Å². The molecule has 1 N–H and O–H groups in total. The average Bonchev–Trinajstić information content (AvgIpc) is 2.80. The molecule has 0 radical (unpaired) electrons. The summed E-state index contributed by atoms with van der Waals surface area (Å²) >= 11 is 0. The third-order valence-corrected chi connectivity index (χ3v) is 5.67. The zero-order valence-electron chi connectivity index (χ0n) is 18.3. The number of methoxy groups -OCH3 is 1. The van der Waals surface area contributed by atoms with Crippen LogP contribution in [0.5, 0.6) is 5.75 Å². The fourth-order valence-corrected chi connectivity index (χ4v) is 4.21. The maximum absolute atomic E-state index is 8.90. The van der Waals surface area contributed by atoms with Crippen LogP contribution in [0, 0.1) is 17.4 Å². The largest absolute Gasteiger partial charge is 0.496 e. The van der Waals surface area contributed by atoms with Crippen LogP contribution in [0.1, 0.15) is 50.7 Å². The summed E-state index contributed by atoms with van der Waals surface area (Å²) in [6, 6.07) is 4.34. The van der Waals surface area contributed by atoms with Crippen molar-refractivity contribution >= 4 is 5.69 Å². The Labute approximate surface area is 176 Å². The number of morpholine rings is 1. The number of rotatable bonds is 8. The highest BCUT2D eigenvalue weighted by Crippen LogP contribution is 2.35. The lowest BCUT2D eigenvalue weighted by molar-refractivity contribution is 0.122. The van der Waals surface area contributed by atoms with Crippen molar-refractivity contribution in [2.75, 3.05) is 51.4 Å². The van der Waals surface area contributed by atoms with E-state index >= 15 is 0 Å². The van der Waals surface area contributed by atoms with Gasteiger partial charge in [-0.3, -0.25) is 0 Å². The number of hydrogen-bond acceptors (Lipinski definition) is 6. The van der Waals surface area contributed by atoms with Gasteiger partial charge in [0, 0.05) is 18.8 Å². The summed E-state index contributed by atoms with van der Waals surface area (Å²) in [5.74, 6) is 1.71. The van der Waals surface area contributed by atoms with Crippen molar-refractivity contribution in [1.82, 2.24) is 5.32 Å². The van der Waals surface area contributed by atoms with E-state index in [-0.39, 0.29) is 6.61 Å². The molecule has 1 aromatic rings. The van der Waals surface area contributed by atoms with E-state index in [1.807, 2.05) is 13.8 Å². The lowest BCUT2D eigenvalue weighted by Gasteiger charge is -2.31. The van der Waals surface area contributed by atoms with Crippen LogP contribution < -0.4 is 15.0 Å². The first-order valence-corrected chi connectivity index (χ1v) is 11.1. The van der Waals surface area contributed by atoms with Crippen molar-refractivity contribution in [3.05, 3.63) is 23.3 Å². The Hall–Kier alpha value is -1.97. The molecular formula is C23H37N3O3. The zero-order valence-corrected chi connectivity index (χ0v) is 18.3. The number of benzene rings is 1. The second-order valence-electron chi connectivity index (χ2n) is 7.32. The van der Waals surface area contributed by atoms with Gasteiger partial charge < -0.3 is 24.4 Å². The lowest BCUT2D eigenvalue weighted by Crippen LogP contribution is -2.37. The molecule has 0 aliphatic carbocycles. The fraction of sp³-hybridized carbons (Fsp3) is 0.696. The number of nitrogens with one attached hydrogen (secondary N) is 1. The molecule has 162 valence electrons. The quantitative estimate of drug-likeness (QED) is 0.665. The van der Waals surface area contributed by atoms with Gasteiger partial charge in [-0.2, -0.15) is 5.26 Å². The summed E-state index contributed by atoms with van der Waals surface area (Å²) < 4.78 is 16.4. The first-order valence-electron chi connectivity index (χ1n) is 11.1. The maximum Gasteiger partial charge on any atom is 0.286 e. The van der Waals surface area contributed by atoms with Crippen molar-refractivity contribution < 1.29 is 14.2 Å². The van der Waals surface area contributed by atoms with Gasteiger partial charge in [-0.15, -0.1) is 0 Å². The number of hydrogen-bond donors (Lipinski definition) is 1. The second-order valence-corrected chi connectivity index (χ2v) is 7.32. The molecule has 1 aromatic carbocycles. The smallest absolute Gasteiger partial charge is 0.286 e. The third-order valence-electron chi connectivity index (χ3n) is 5.67. The van der Waals surface area contributed by atoms with Crippen LogP contribution in [0.4, 0.5) is 5.69 Å². The summed E-state index contributed by atoms with van der Waals surface area (Å²) in [7, 11) is 1.71. The molecule has 0 spiro atoms. The van der Waals surface area contributed by atoms with Gasteiger partial charge in [-0.05, 0) is 56.3 Å². The molecule has 2 aliphatic rings. The van der Waals surface area contributed by atoms with E-state index in [1.54, 1.807) is 13.4 Å². The Bertz CT molecular complexity index is 633. The second kappa shape index (κ2) is 13.3. The molecule has 3 rings (SSSR count). The third kappa shape index (κ3) is 6.80. The number of anilines is 1. The normalized spacial score (nSPS) is 17.1. The van der Waals surface area contributed by atoms with Gasteiger partial charge in [-0.1, -0.05) is 26.3 Å². The standard InChI is InChI=1S/C21H31N3O3.C2H6/c1-25-21-18(4-2-3-17-7-9-23-10-8-17)5-6-20(19(21)15-27-16-22)24-11-13-26-14-12-24;1-2/h5-6,17,23H,2-4,7-15H2,1H3;1-2H3. The molecular weight excluding hydrogens is 366 g/mol. The number of aryl methyl sites for hydroxylation is 1. The van der Waals surface area contributed by atoms with E-state index in [1.165, 1.54) is 24.8 Å². The number of ether oxygens (including phenoxy) is 3. The molecule has 2 heterocycles. The molecule has 29 heavy (non-hydrogen) atoms. The number of nitriles is 1. The van der Waals surface area contributed by atoms with Gasteiger partial charge in [0.1, 0.15) is 12.4 Å². The minimum atomic E-state index is 0.245. The lowest BCUT2D eigenvalue weighted by atomic mass is 9.91. The van der Waals surface area contributed by atoms with Gasteiger partial charge in [0.05, 0.1) is 25.9 Å². The van der Waals surface area contributed by atoms with Crippen LogP contribution in [0.3, 0.4) is 0 Å². The Kier molecular flexibility index (Phi) is 10.7. The van der Waals surface area contributed by atoms with Crippen molar-refractivity contribution in [2.45, 2.75) is 52.6 Å². The first-order chi connectivity index (χ1) is 14.3. The zero-order chi connectivity index (χ0) is 20.9. The topological polar surface area (TPSA) is 66.8 Å². The van der Waals surface area contributed by atoms with E-state index in [2.05, 4.69) is 22.3 Å². The SMILES string of the molecule is CC.COc1c(CCCC2CCNCC2)ccc(N2CCOCC2)c1COC#N. The summed E-state index contributed by atoms with van der Waals surface area (Å²) in [6.07, 6.45) is 7.79. The van der Waals surface area contributed by atoms with Crippen LogP contribution in [0.2, 0.25) is 0 Å². The first kappa shape index (κ1) is 23.3. The molecule has 0 unspecified atom stereocenters. The Morgan fingerprint density at radius 2 is 1.93 bits per heavy atom. The van der Waals surface area contributed by atoms with Gasteiger partial charge in [0.2, 0.25) is 0 Å². The number of nitrogens with zero attached hydrogens (tertiary/aromatic N) is 2. The number of piperidine rings is 1. The van der Waals surface area contributed by atoms with E-state index in [9.17, 15) is 0 Å². The van der Waals surface area contributed by atoms with E-state index in [0.29, 0.717) is 0 Å². The fourth-order valence-electron chi connectivity index (χ4n) is 4.21. The molecule has 2 saturated heterocycles. The minimum absolute atomic E-state index is 0.245. The summed E-state index contributed by atoms with van der Waals surface area (Å²) in [5, 5.41) is 12.3. The molecule has 2 aliphatic heterocycles. The van der Waals surface area contributed by atoms with E-state index < -0.39 is 0 Å². The van der Waals surface area contributed by atoms with Gasteiger partial charge in [0.25, 0.3) is 6.26 Å². The van der Waals surface area contributed by atoms with Gasteiger partial charge in [-0.25, -0.2) is 0 Å². The van der Waals surface area contributed by atoms with Crippen molar-refractivity contribution in [1.29, 1.82) is 5.26 Å². The Morgan fingerprint density at radius 1 is 1.21 bits per heavy atom. The maximum atomic E-state index is 8.90. The van der Waals surface area contributed by atoms with Crippen molar-refractivity contribution in [2.24, 2.45) is 5.92 Å². The van der Waals surface area contributed by atoms with E-state index in [4.69, 9.17) is 19.5 Å². The highest BCUT2D eigenvalue weighted by molar-refractivity contribution is 5.62. The molecule has 0 aromatic heterocycles. The Balaban J connectivity index is 0.00000145. The minimum Gasteiger partial charge on any atom is -0.496 e. The summed E-state index contributed by atoms with van der Waals surface area (Å²) in [4.78, 5) is 2.29. The van der Waals surface area contributed by atoms with Crippen LogP contribution in [0.25, 0.3) is 0 Å². The van der Waals surface area contributed by atoms with Gasteiger partial charge in [0.15, 0.2) is 0 Å². The summed E-state index contributed by atoms with van der Waals surface area (Å²) in [5.41, 5.74) is 3.27. The van der Waals surface area contributed by atoms with Crippen LogP contribution >= 0.6 is 0 Å². The molecule has 0 saturated carbocycles. The van der Waals surface area contributed by atoms with Crippen molar-refractivity contribution in [3.63, 3.8) is 0 Å². The average molecular weight is 404 g/mol. The molecule has 6 nitrogen and oxygen atoms in total. The van der Waals surface area contributed by atoms with Crippen LogP contribution in [-0.4, -0.2) is 46.5 Å². The van der Waals surface area contributed by atoms with E-state index in [0.717, 1.165) is 75.2 Å². The molecule has 6 heteroatoms. The predicted molar refractivity (Wildman–Crippen MR) is 116 cm³/mol. The molecule has 2 fully saturated rings. The summed E-state index contributed by atoms with van der Waals surface area (Å²) in [6.45, 7) is 9.68. The monoisotopic (exact) mass is 403 g/mol. The van der Waals surface area contributed by atoms with Crippen LogP contribution in [-0.2, 0) is 22.5 Å². The predicted octanol–water partition coefficient (Wildman–Crippen LogP) is 3.88. The molecule has 0 atom stereocenters. The van der Waals surface area contributed by atoms with Crippen molar-refractivity contribution in [3.8, 4) is 12.0 Å². The van der Waals surface area contributed by atoms with Gasteiger partial charge >= 0.3 is 0 Å². The molecule has 0 bridgehead atoms.